The van der Waals surface area contributed by atoms with E-state index in [1.54, 1.807) is 23.1 Å². The number of allylic oxidation sites excluding steroid dienone is 1. The fraction of sp³-hybridized carbons (Fsp3) is 0.0769. The van der Waals surface area contributed by atoms with Crippen LogP contribution in [0.3, 0.4) is 0 Å². The van der Waals surface area contributed by atoms with Crippen molar-refractivity contribution in [2.45, 2.75) is 11.7 Å². The van der Waals surface area contributed by atoms with Gasteiger partial charge in [0.25, 0.3) is 0 Å². The molecule has 0 fully saturated rings. The highest BCUT2D eigenvalue weighted by molar-refractivity contribution is 8.03. The molecule has 0 unspecified atom stereocenters. The minimum Gasteiger partial charge on any atom is -0.296 e. The average Bonchev–Trinajstić information content (AvgIpc) is 3.03. The van der Waals surface area contributed by atoms with E-state index in [-0.39, 0.29) is 0 Å². The van der Waals surface area contributed by atoms with Crippen molar-refractivity contribution in [1.29, 1.82) is 0 Å². The van der Waals surface area contributed by atoms with Crippen LogP contribution in [-0.2, 0) is 6.54 Å². The first-order valence-electron chi connectivity index (χ1n) is 5.70. The molecular weight excluding hydrogens is 298 g/mol. The summed E-state index contributed by atoms with van der Waals surface area (Å²) < 4.78 is 3.24. The van der Waals surface area contributed by atoms with Gasteiger partial charge in [-0.05, 0) is 6.07 Å². The molecule has 1 aromatic carbocycles. The highest BCUT2D eigenvalue weighted by atomic mass is 35.5. The average molecular weight is 306 g/mol. The molecule has 0 aliphatic carbocycles. The molecule has 0 bridgehead atoms. The number of hydrogen-bond donors (Lipinski definition) is 0. The van der Waals surface area contributed by atoms with Gasteiger partial charge in [-0.3, -0.25) is 4.57 Å². The lowest BCUT2D eigenvalue weighted by atomic mass is 10.2. The molecular formula is C13H8ClN3S2. The SMILES string of the molecule is C=C1Cn2c(nnc2-c2sc3ccccc3c2Cl)S1. The molecule has 0 saturated carbocycles. The van der Waals surface area contributed by atoms with Gasteiger partial charge in [0.05, 0.1) is 16.4 Å². The molecule has 3 nitrogen and oxygen atoms in total. The standard InChI is InChI=1S/C13H8ClN3S2/c1-7-6-17-12(15-16-13(17)18-7)11-10(14)8-4-2-3-5-9(8)19-11/h2-5H,1,6H2. The molecule has 0 N–H and O–H groups in total. The number of nitrogens with zero attached hydrogens (tertiary/aromatic N) is 3. The zero-order valence-electron chi connectivity index (χ0n) is 9.76. The maximum absolute atomic E-state index is 6.49. The molecule has 6 heteroatoms. The van der Waals surface area contributed by atoms with Crippen LogP contribution >= 0.6 is 34.7 Å². The van der Waals surface area contributed by atoms with Gasteiger partial charge < -0.3 is 0 Å². The van der Waals surface area contributed by atoms with Crippen LogP contribution in [0.2, 0.25) is 5.02 Å². The number of hydrogen-bond acceptors (Lipinski definition) is 4. The second kappa shape index (κ2) is 4.10. The lowest BCUT2D eigenvalue weighted by molar-refractivity contribution is 0.752. The van der Waals surface area contributed by atoms with Crippen molar-refractivity contribution in [3.05, 3.63) is 40.8 Å². The molecule has 0 saturated heterocycles. The number of benzene rings is 1. The van der Waals surface area contributed by atoms with Crippen LogP contribution in [0.5, 0.6) is 0 Å². The molecule has 2 aromatic heterocycles. The third-order valence-corrected chi connectivity index (χ3v) is 5.60. The highest BCUT2D eigenvalue weighted by Crippen LogP contribution is 2.44. The Morgan fingerprint density at radius 2 is 2.11 bits per heavy atom. The summed E-state index contributed by atoms with van der Waals surface area (Å²) in [5.41, 5.74) is 0. The van der Waals surface area contributed by atoms with Gasteiger partial charge in [0.2, 0.25) is 0 Å². The van der Waals surface area contributed by atoms with Crippen LogP contribution in [-0.4, -0.2) is 14.8 Å². The molecule has 0 atom stereocenters. The van der Waals surface area contributed by atoms with Crippen molar-refractivity contribution < 1.29 is 0 Å². The second-order valence-corrected chi connectivity index (χ2v) is 6.85. The van der Waals surface area contributed by atoms with Gasteiger partial charge in [0.15, 0.2) is 11.0 Å². The Balaban J connectivity index is 1.96. The van der Waals surface area contributed by atoms with Crippen molar-refractivity contribution in [1.82, 2.24) is 14.8 Å². The Morgan fingerprint density at radius 3 is 2.95 bits per heavy atom. The fourth-order valence-electron chi connectivity index (χ4n) is 2.17. The second-order valence-electron chi connectivity index (χ2n) is 4.27. The number of rotatable bonds is 1. The first kappa shape index (κ1) is 11.5. The lowest BCUT2D eigenvalue weighted by Crippen LogP contribution is -1.95. The Bertz CT molecular complexity index is 819. The quantitative estimate of drug-likeness (QED) is 0.666. The summed E-state index contributed by atoms with van der Waals surface area (Å²) in [6.45, 7) is 4.74. The highest BCUT2D eigenvalue weighted by Gasteiger charge is 2.24. The van der Waals surface area contributed by atoms with E-state index in [1.807, 2.05) is 18.2 Å². The molecule has 3 heterocycles. The molecule has 0 amide bonds. The fourth-order valence-corrected chi connectivity index (χ4v) is 4.47. The van der Waals surface area contributed by atoms with E-state index in [0.29, 0.717) is 0 Å². The zero-order valence-corrected chi connectivity index (χ0v) is 12.1. The van der Waals surface area contributed by atoms with Crippen LogP contribution in [0.15, 0.2) is 40.9 Å². The summed E-state index contributed by atoms with van der Waals surface area (Å²) in [4.78, 5) is 2.07. The van der Waals surface area contributed by atoms with E-state index in [2.05, 4.69) is 27.4 Å². The largest absolute Gasteiger partial charge is 0.296 e. The number of halogens is 1. The van der Waals surface area contributed by atoms with Gasteiger partial charge in [-0.25, -0.2) is 0 Å². The predicted molar refractivity (Wildman–Crippen MR) is 80.8 cm³/mol. The topological polar surface area (TPSA) is 30.7 Å². The van der Waals surface area contributed by atoms with Crippen molar-refractivity contribution in [3.8, 4) is 10.7 Å². The van der Waals surface area contributed by atoms with E-state index in [9.17, 15) is 0 Å². The third-order valence-electron chi connectivity index (χ3n) is 3.02. The van der Waals surface area contributed by atoms with E-state index in [0.717, 1.165) is 37.7 Å². The van der Waals surface area contributed by atoms with E-state index in [1.165, 1.54) is 4.70 Å². The van der Waals surface area contributed by atoms with Crippen LogP contribution < -0.4 is 0 Å². The minimum absolute atomic E-state index is 0.757. The summed E-state index contributed by atoms with van der Waals surface area (Å²) in [6, 6.07) is 8.12. The molecule has 0 radical (unpaired) electrons. The van der Waals surface area contributed by atoms with Gasteiger partial charge in [-0.2, -0.15) is 0 Å². The number of thioether (sulfide) groups is 1. The first-order chi connectivity index (χ1) is 9.24. The molecule has 3 aromatic rings. The van der Waals surface area contributed by atoms with E-state index < -0.39 is 0 Å². The molecule has 0 spiro atoms. The molecule has 1 aliphatic heterocycles. The monoisotopic (exact) mass is 305 g/mol. The van der Waals surface area contributed by atoms with Crippen molar-refractivity contribution in [3.63, 3.8) is 0 Å². The van der Waals surface area contributed by atoms with Crippen molar-refractivity contribution in [2.75, 3.05) is 0 Å². The minimum atomic E-state index is 0.757. The van der Waals surface area contributed by atoms with E-state index >= 15 is 0 Å². The molecule has 19 heavy (non-hydrogen) atoms. The third kappa shape index (κ3) is 1.65. The Kier molecular flexibility index (Phi) is 2.48. The maximum atomic E-state index is 6.49. The maximum Gasteiger partial charge on any atom is 0.196 e. The number of thiophene rings is 1. The summed E-state index contributed by atoms with van der Waals surface area (Å²) in [5, 5.41) is 11.2. The summed E-state index contributed by atoms with van der Waals surface area (Å²) >= 11 is 9.72. The van der Waals surface area contributed by atoms with E-state index in [4.69, 9.17) is 11.6 Å². The van der Waals surface area contributed by atoms with Gasteiger partial charge in [0.1, 0.15) is 0 Å². The summed E-state index contributed by atoms with van der Waals surface area (Å²) in [5.74, 6) is 0.840. The molecule has 94 valence electrons. The normalized spacial score (nSPS) is 14.3. The first-order valence-corrected chi connectivity index (χ1v) is 7.71. The summed E-state index contributed by atoms with van der Waals surface area (Å²) in [7, 11) is 0. The van der Waals surface area contributed by atoms with Gasteiger partial charge in [-0.15, -0.1) is 21.5 Å². The smallest absolute Gasteiger partial charge is 0.196 e. The van der Waals surface area contributed by atoms with Gasteiger partial charge in [-0.1, -0.05) is 48.1 Å². The van der Waals surface area contributed by atoms with Gasteiger partial charge >= 0.3 is 0 Å². The summed E-state index contributed by atoms with van der Waals surface area (Å²) in [6.07, 6.45) is 0. The zero-order chi connectivity index (χ0) is 13.0. The molecule has 4 rings (SSSR count). The van der Waals surface area contributed by atoms with Crippen LogP contribution in [0.25, 0.3) is 20.8 Å². The van der Waals surface area contributed by atoms with Crippen molar-refractivity contribution >= 4 is 44.8 Å². The Morgan fingerprint density at radius 1 is 1.26 bits per heavy atom. The van der Waals surface area contributed by atoms with Crippen LogP contribution in [0.1, 0.15) is 0 Å². The number of fused-ring (bicyclic) bond motifs is 2. The Hall–Kier alpha value is -1.30. The predicted octanol–water partition coefficient (Wildman–Crippen LogP) is 4.43. The molecule has 1 aliphatic rings. The van der Waals surface area contributed by atoms with Gasteiger partial charge in [0, 0.05) is 15.0 Å². The van der Waals surface area contributed by atoms with Crippen LogP contribution in [0.4, 0.5) is 0 Å². The Labute approximate surface area is 122 Å². The van der Waals surface area contributed by atoms with Crippen LogP contribution in [0, 0.1) is 0 Å². The van der Waals surface area contributed by atoms with Crippen molar-refractivity contribution in [2.24, 2.45) is 0 Å². The number of aromatic nitrogens is 3. The lowest BCUT2D eigenvalue weighted by Gasteiger charge is -1.99.